The Morgan fingerprint density at radius 2 is 2.18 bits per heavy atom. The first-order valence-electron chi connectivity index (χ1n) is 5.41. The van der Waals surface area contributed by atoms with Gasteiger partial charge in [0.05, 0.1) is 5.52 Å². The number of rotatable bonds is 4. The van der Waals surface area contributed by atoms with E-state index in [-0.39, 0.29) is 0 Å². The molecule has 17 heavy (non-hydrogen) atoms. The van der Waals surface area contributed by atoms with Crippen molar-refractivity contribution in [2.24, 2.45) is 0 Å². The molecular formula is C12H13ClF2N2. The lowest BCUT2D eigenvalue weighted by Crippen LogP contribution is -2.11. The molecule has 2 rings (SSSR count). The predicted octanol–water partition coefficient (Wildman–Crippen LogP) is 3.80. The summed E-state index contributed by atoms with van der Waals surface area (Å²) in [4.78, 5) is 0. The van der Waals surface area contributed by atoms with Crippen molar-refractivity contribution in [1.29, 1.82) is 0 Å². The zero-order valence-corrected chi connectivity index (χ0v) is 10.1. The van der Waals surface area contributed by atoms with Crippen LogP contribution in [0.15, 0.2) is 24.4 Å². The molecule has 1 heterocycles. The molecule has 0 saturated carbocycles. The Morgan fingerprint density at radius 1 is 1.41 bits per heavy atom. The molecule has 0 aliphatic carbocycles. The van der Waals surface area contributed by atoms with Crippen molar-refractivity contribution < 1.29 is 8.78 Å². The van der Waals surface area contributed by atoms with Gasteiger partial charge in [0.2, 0.25) is 0 Å². The highest BCUT2D eigenvalue weighted by Crippen LogP contribution is 2.28. The number of hydrogen-bond donors (Lipinski definition) is 1. The Bertz CT molecular complexity index is 522. The lowest BCUT2D eigenvalue weighted by Gasteiger charge is -2.02. The van der Waals surface area contributed by atoms with Gasteiger partial charge in [0.15, 0.2) is 0 Å². The van der Waals surface area contributed by atoms with E-state index in [1.165, 1.54) is 6.20 Å². The summed E-state index contributed by atoms with van der Waals surface area (Å²) < 4.78 is 26.7. The molecule has 0 aliphatic rings. The van der Waals surface area contributed by atoms with E-state index >= 15 is 0 Å². The summed E-state index contributed by atoms with van der Waals surface area (Å²) in [5.41, 5.74) is 1.33. The quantitative estimate of drug-likeness (QED) is 0.883. The molecule has 0 unspecified atom stereocenters. The van der Waals surface area contributed by atoms with E-state index in [0.717, 1.165) is 22.1 Å². The minimum Gasteiger partial charge on any atom is -0.313 e. The second-order valence-corrected chi connectivity index (χ2v) is 4.22. The number of nitrogens with zero attached hydrogens (tertiary/aromatic N) is 1. The van der Waals surface area contributed by atoms with E-state index in [1.807, 2.05) is 6.92 Å². The third kappa shape index (κ3) is 2.42. The number of fused-ring (bicyclic) bond motifs is 1. The van der Waals surface area contributed by atoms with Crippen molar-refractivity contribution in [2.45, 2.75) is 20.0 Å². The third-order valence-electron chi connectivity index (χ3n) is 2.65. The first-order valence-corrected chi connectivity index (χ1v) is 5.79. The van der Waals surface area contributed by atoms with Crippen LogP contribution in [0.1, 0.15) is 19.0 Å². The van der Waals surface area contributed by atoms with Gasteiger partial charge >= 0.3 is 6.55 Å². The van der Waals surface area contributed by atoms with Gasteiger partial charge in [0.1, 0.15) is 0 Å². The largest absolute Gasteiger partial charge is 0.319 e. The van der Waals surface area contributed by atoms with Gasteiger partial charge in [0.25, 0.3) is 0 Å². The molecule has 92 valence electrons. The Kier molecular flexibility index (Phi) is 3.64. The second-order valence-electron chi connectivity index (χ2n) is 3.78. The fourth-order valence-electron chi connectivity index (χ4n) is 1.86. The normalized spacial score (nSPS) is 11.6. The van der Waals surface area contributed by atoms with E-state index in [9.17, 15) is 8.78 Å². The summed E-state index contributed by atoms with van der Waals surface area (Å²) in [6.45, 7) is 0.804. The SMILES string of the molecule is CCNCc1cn(C(F)F)c2cc(Cl)ccc12. The number of hydrogen-bond acceptors (Lipinski definition) is 1. The van der Waals surface area contributed by atoms with Crippen molar-refractivity contribution >= 4 is 22.5 Å². The summed E-state index contributed by atoms with van der Waals surface area (Å²) in [6, 6.07) is 5.07. The van der Waals surface area contributed by atoms with Gasteiger partial charge in [-0.1, -0.05) is 24.6 Å². The first-order chi connectivity index (χ1) is 8.13. The summed E-state index contributed by atoms with van der Waals surface area (Å²) in [5, 5.41) is 4.41. The predicted molar refractivity (Wildman–Crippen MR) is 65.6 cm³/mol. The van der Waals surface area contributed by atoms with Gasteiger partial charge in [-0.25, -0.2) is 0 Å². The standard InChI is InChI=1S/C12H13ClF2N2/c1-2-16-6-8-7-17(12(14)15)11-5-9(13)3-4-10(8)11/h3-5,7,12,16H,2,6H2,1H3. The van der Waals surface area contributed by atoms with E-state index < -0.39 is 6.55 Å². The summed E-state index contributed by atoms with van der Waals surface area (Å²) in [6.07, 6.45) is 1.48. The molecule has 1 N–H and O–H groups in total. The van der Waals surface area contributed by atoms with Crippen LogP contribution in [0.2, 0.25) is 5.02 Å². The van der Waals surface area contributed by atoms with Crippen molar-refractivity contribution in [3.63, 3.8) is 0 Å². The van der Waals surface area contributed by atoms with Crippen LogP contribution in [0, 0.1) is 0 Å². The minimum atomic E-state index is -2.55. The van der Waals surface area contributed by atoms with Crippen molar-refractivity contribution in [1.82, 2.24) is 9.88 Å². The Labute approximate surface area is 103 Å². The highest BCUT2D eigenvalue weighted by Gasteiger charge is 2.14. The lowest BCUT2D eigenvalue weighted by atomic mass is 10.2. The van der Waals surface area contributed by atoms with Crippen molar-refractivity contribution in [2.75, 3.05) is 6.54 Å². The van der Waals surface area contributed by atoms with E-state index in [4.69, 9.17) is 11.6 Å². The summed E-state index contributed by atoms with van der Waals surface area (Å²) in [5.74, 6) is 0. The van der Waals surface area contributed by atoms with Crippen molar-refractivity contribution in [3.05, 3.63) is 35.0 Å². The van der Waals surface area contributed by atoms with Crippen LogP contribution < -0.4 is 5.32 Å². The monoisotopic (exact) mass is 258 g/mol. The van der Waals surface area contributed by atoms with Crippen LogP contribution in [-0.4, -0.2) is 11.1 Å². The smallest absolute Gasteiger partial charge is 0.313 e. The van der Waals surface area contributed by atoms with Crippen molar-refractivity contribution in [3.8, 4) is 0 Å². The molecule has 0 radical (unpaired) electrons. The zero-order chi connectivity index (χ0) is 12.4. The minimum absolute atomic E-state index is 0.465. The maximum Gasteiger partial charge on any atom is 0.319 e. The summed E-state index contributed by atoms with van der Waals surface area (Å²) in [7, 11) is 0. The van der Waals surface area contributed by atoms with Crippen LogP contribution in [0.3, 0.4) is 0 Å². The molecule has 1 aromatic heterocycles. The van der Waals surface area contributed by atoms with Gasteiger partial charge in [-0.3, -0.25) is 4.57 Å². The molecule has 5 heteroatoms. The fraction of sp³-hybridized carbons (Fsp3) is 0.333. The topological polar surface area (TPSA) is 17.0 Å². The molecule has 1 aromatic carbocycles. The molecule has 0 fully saturated rings. The molecule has 2 aromatic rings. The van der Waals surface area contributed by atoms with Crippen LogP contribution in [-0.2, 0) is 6.54 Å². The van der Waals surface area contributed by atoms with Crippen LogP contribution in [0.5, 0.6) is 0 Å². The molecule has 0 aliphatic heterocycles. The average Bonchev–Trinajstić information content (AvgIpc) is 2.64. The number of alkyl halides is 2. The highest BCUT2D eigenvalue weighted by molar-refractivity contribution is 6.31. The Balaban J connectivity index is 2.54. The van der Waals surface area contributed by atoms with E-state index in [2.05, 4.69) is 5.32 Å². The van der Waals surface area contributed by atoms with Gasteiger partial charge in [0, 0.05) is 23.2 Å². The molecule has 0 saturated heterocycles. The Hall–Kier alpha value is -1.13. The number of halogens is 3. The van der Waals surface area contributed by atoms with Crippen LogP contribution in [0.25, 0.3) is 10.9 Å². The number of aromatic nitrogens is 1. The van der Waals surface area contributed by atoms with Gasteiger partial charge in [-0.05, 0) is 24.2 Å². The summed E-state index contributed by atoms with van der Waals surface area (Å²) >= 11 is 5.84. The third-order valence-corrected chi connectivity index (χ3v) is 2.89. The highest BCUT2D eigenvalue weighted by atomic mass is 35.5. The van der Waals surface area contributed by atoms with E-state index in [0.29, 0.717) is 17.1 Å². The zero-order valence-electron chi connectivity index (χ0n) is 9.38. The van der Waals surface area contributed by atoms with Gasteiger partial charge < -0.3 is 5.32 Å². The number of nitrogens with one attached hydrogen (secondary N) is 1. The molecular weight excluding hydrogens is 246 g/mol. The first kappa shape index (κ1) is 12.3. The lowest BCUT2D eigenvalue weighted by molar-refractivity contribution is 0.0751. The van der Waals surface area contributed by atoms with Crippen LogP contribution in [0.4, 0.5) is 8.78 Å². The van der Waals surface area contributed by atoms with Gasteiger partial charge in [-0.15, -0.1) is 0 Å². The molecule has 0 amide bonds. The molecule has 0 atom stereocenters. The fourth-order valence-corrected chi connectivity index (χ4v) is 2.03. The van der Waals surface area contributed by atoms with Gasteiger partial charge in [-0.2, -0.15) is 8.78 Å². The molecule has 0 spiro atoms. The maximum atomic E-state index is 12.9. The average molecular weight is 259 g/mol. The van der Waals surface area contributed by atoms with Crippen LogP contribution >= 0.6 is 11.6 Å². The maximum absolute atomic E-state index is 12.9. The second kappa shape index (κ2) is 5.02. The number of benzene rings is 1. The Morgan fingerprint density at radius 3 is 2.82 bits per heavy atom. The molecule has 0 bridgehead atoms. The van der Waals surface area contributed by atoms with E-state index in [1.54, 1.807) is 18.2 Å². The molecule has 2 nitrogen and oxygen atoms in total.